The molecule has 244 valence electrons. The van der Waals surface area contributed by atoms with Crippen molar-refractivity contribution in [2.45, 2.75) is 57.3 Å². The molecule has 2 atom stereocenters. The Bertz CT molecular complexity index is 1590. The smallest absolute Gasteiger partial charge is 0.378 e. The molecular weight excluding hydrogens is 593 g/mol. The summed E-state index contributed by atoms with van der Waals surface area (Å²) >= 11 is 0. The molecule has 2 saturated heterocycles. The van der Waals surface area contributed by atoms with Crippen molar-refractivity contribution in [1.29, 1.82) is 0 Å². The summed E-state index contributed by atoms with van der Waals surface area (Å²) in [5, 5.41) is 0. The molecule has 10 heteroatoms. The van der Waals surface area contributed by atoms with E-state index in [1.54, 1.807) is 0 Å². The number of benzene rings is 3. The first-order chi connectivity index (χ1) is 22.2. The van der Waals surface area contributed by atoms with E-state index in [0.717, 1.165) is 34.6 Å². The number of fused-ring (bicyclic) bond motifs is 3. The van der Waals surface area contributed by atoms with Crippen LogP contribution in [0.5, 0.6) is 0 Å². The second kappa shape index (κ2) is 13.5. The van der Waals surface area contributed by atoms with Crippen molar-refractivity contribution in [3.05, 3.63) is 82.9 Å². The van der Waals surface area contributed by atoms with E-state index in [1.807, 2.05) is 72.5 Å². The van der Waals surface area contributed by atoms with Gasteiger partial charge in [-0.25, -0.2) is 0 Å². The van der Waals surface area contributed by atoms with Gasteiger partial charge in [0, 0.05) is 48.6 Å². The fourth-order valence-corrected chi connectivity index (χ4v) is 7.17. The van der Waals surface area contributed by atoms with Crippen molar-refractivity contribution in [1.82, 2.24) is 4.90 Å². The van der Waals surface area contributed by atoms with Gasteiger partial charge in [-0.3, -0.25) is 9.59 Å². The van der Waals surface area contributed by atoms with Gasteiger partial charge in [-0.15, -0.1) is 0 Å². The van der Waals surface area contributed by atoms with Gasteiger partial charge in [0.05, 0.1) is 31.0 Å². The highest BCUT2D eigenvalue weighted by molar-refractivity contribution is 6.17. The summed E-state index contributed by atoms with van der Waals surface area (Å²) in [6.07, 6.45) is -1.40. The van der Waals surface area contributed by atoms with Crippen LogP contribution in [0.2, 0.25) is 0 Å². The molecule has 2 aliphatic heterocycles. The number of unbranched alkanes of at least 4 members (excludes halogenated alkanes) is 1. The standard InChI is InChI=1S/C36H41F3N4O3/c1-2-3-17-42(23-36(37,38)39)35(45)32-25-11-5-4-10-24(25)26-15-16-28(33(31(26)32)43-18-9-8-14-30(43)40)34(44)27-12-6-7-13-29(27)41-19-21-46-22-20-41/h4-7,10-13,15-16,30,32H,2-3,8-9,14,17-23,40H2,1H3. The summed E-state index contributed by atoms with van der Waals surface area (Å²) in [4.78, 5) is 34.3. The molecule has 0 bridgehead atoms. The SMILES string of the molecule is CCCCN(CC(F)(F)F)C(=O)C1c2ccccc2-c2ccc(C(=O)c3ccccc3N3CCOCC3)c(N3CCCCC3N)c21. The summed E-state index contributed by atoms with van der Waals surface area (Å²) in [6.45, 7) is 3.54. The number of anilines is 2. The zero-order valence-electron chi connectivity index (χ0n) is 26.2. The highest BCUT2D eigenvalue weighted by Gasteiger charge is 2.43. The van der Waals surface area contributed by atoms with Crippen LogP contribution in [-0.4, -0.2) is 74.9 Å². The van der Waals surface area contributed by atoms with Gasteiger partial charge in [-0.05, 0) is 60.6 Å². The average Bonchev–Trinajstić information content (AvgIpc) is 3.40. The number of piperidine rings is 1. The number of halogens is 3. The van der Waals surface area contributed by atoms with Crippen LogP contribution in [0.15, 0.2) is 60.7 Å². The number of carbonyl (C=O) groups excluding carboxylic acids is 2. The molecule has 2 heterocycles. The van der Waals surface area contributed by atoms with E-state index in [1.165, 1.54) is 0 Å². The van der Waals surface area contributed by atoms with Gasteiger partial charge in [-0.2, -0.15) is 13.2 Å². The Balaban J connectivity index is 1.54. The summed E-state index contributed by atoms with van der Waals surface area (Å²) in [6, 6.07) is 18.5. The van der Waals surface area contributed by atoms with Crippen LogP contribution in [0, 0.1) is 0 Å². The molecule has 0 saturated carbocycles. The molecule has 0 radical (unpaired) electrons. The number of alkyl halides is 3. The molecule has 7 nitrogen and oxygen atoms in total. The molecule has 3 aliphatic rings. The molecule has 1 amide bonds. The predicted octanol–water partition coefficient (Wildman–Crippen LogP) is 6.33. The highest BCUT2D eigenvalue weighted by atomic mass is 19.4. The Morgan fingerprint density at radius 1 is 0.935 bits per heavy atom. The van der Waals surface area contributed by atoms with Crippen molar-refractivity contribution in [2.24, 2.45) is 5.73 Å². The molecule has 46 heavy (non-hydrogen) atoms. The molecule has 3 aromatic rings. The Kier molecular flexibility index (Phi) is 9.38. The van der Waals surface area contributed by atoms with E-state index >= 15 is 0 Å². The number of ketones is 1. The maximum atomic E-state index is 14.7. The topological polar surface area (TPSA) is 79.1 Å². The van der Waals surface area contributed by atoms with E-state index in [4.69, 9.17) is 10.5 Å². The van der Waals surface area contributed by atoms with Crippen LogP contribution in [0.1, 0.15) is 72.0 Å². The maximum absolute atomic E-state index is 14.7. The Labute approximate surface area is 268 Å². The Morgan fingerprint density at radius 2 is 1.67 bits per heavy atom. The number of ether oxygens (including phenoxy) is 1. The molecule has 2 N–H and O–H groups in total. The van der Waals surface area contributed by atoms with Crippen LogP contribution in [-0.2, 0) is 9.53 Å². The molecule has 6 rings (SSSR count). The van der Waals surface area contributed by atoms with Gasteiger partial charge < -0.3 is 25.2 Å². The van der Waals surface area contributed by atoms with E-state index in [-0.39, 0.29) is 12.3 Å². The highest BCUT2D eigenvalue weighted by Crippen LogP contribution is 2.52. The number of hydrogen-bond acceptors (Lipinski definition) is 6. The predicted molar refractivity (Wildman–Crippen MR) is 173 cm³/mol. The summed E-state index contributed by atoms with van der Waals surface area (Å²) < 4.78 is 47.2. The van der Waals surface area contributed by atoms with Crippen LogP contribution in [0.3, 0.4) is 0 Å². The monoisotopic (exact) mass is 634 g/mol. The molecule has 2 fully saturated rings. The zero-order valence-corrected chi connectivity index (χ0v) is 26.2. The van der Waals surface area contributed by atoms with E-state index < -0.39 is 30.7 Å². The molecular formula is C36H41F3N4O3. The summed E-state index contributed by atoms with van der Waals surface area (Å²) in [5.41, 5.74) is 11.8. The lowest BCUT2D eigenvalue weighted by Gasteiger charge is -2.39. The van der Waals surface area contributed by atoms with Crippen molar-refractivity contribution < 1.29 is 27.5 Å². The molecule has 1 aliphatic carbocycles. The van der Waals surface area contributed by atoms with Gasteiger partial charge in [-0.1, -0.05) is 55.8 Å². The van der Waals surface area contributed by atoms with Crippen molar-refractivity contribution in [2.75, 3.05) is 55.7 Å². The molecule has 2 unspecified atom stereocenters. The number of hydrogen-bond donors (Lipinski definition) is 1. The zero-order chi connectivity index (χ0) is 32.4. The minimum Gasteiger partial charge on any atom is -0.378 e. The first-order valence-corrected chi connectivity index (χ1v) is 16.3. The Morgan fingerprint density at radius 3 is 2.41 bits per heavy atom. The Hall–Kier alpha value is -3.89. The number of carbonyl (C=O) groups is 2. The number of nitrogens with two attached hydrogens (primary N) is 1. The van der Waals surface area contributed by atoms with E-state index in [9.17, 15) is 22.8 Å². The van der Waals surface area contributed by atoms with Gasteiger partial charge in [0.25, 0.3) is 0 Å². The summed E-state index contributed by atoms with van der Waals surface area (Å²) in [5.74, 6) is -1.82. The van der Waals surface area contributed by atoms with Crippen molar-refractivity contribution in [3.8, 4) is 11.1 Å². The lowest BCUT2D eigenvalue weighted by Crippen LogP contribution is -2.47. The fraction of sp³-hybridized carbons (Fsp3) is 0.444. The largest absolute Gasteiger partial charge is 0.406 e. The van der Waals surface area contributed by atoms with Gasteiger partial charge in [0.2, 0.25) is 5.91 Å². The first kappa shape index (κ1) is 32.1. The number of rotatable bonds is 9. The fourth-order valence-electron chi connectivity index (χ4n) is 7.17. The lowest BCUT2D eigenvalue weighted by molar-refractivity contribution is -0.161. The quantitative estimate of drug-likeness (QED) is 0.277. The molecule has 0 aromatic heterocycles. The second-order valence-corrected chi connectivity index (χ2v) is 12.4. The van der Waals surface area contributed by atoms with Crippen LogP contribution < -0.4 is 15.5 Å². The number of amides is 1. The lowest BCUT2D eigenvalue weighted by atomic mass is 9.88. The number of morpholine rings is 1. The normalized spacial score (nSPS) is 19.5. The third-order valence-corrected chi connectivity index (χ3v) is 9.36. The molecule has 3 aromatic carbocycles. The van der Waals surface area contributed by atoms with E-state index in [2.05, 4.69) is 4.90 Å². The van der Waals surface area contributed by atoms with Crippen LogP contribution >= 0.6 is 0 Å². The summed E-state index contributed by atoms with van der Waals surface area (Å²) in [7, 11) is 0. The van der Waals surface area contributed by atoms with Crippen LogP contribution in [0.25, 0.3) is 11.1 Å². The van der Waals surface area contributed by atoms with Gasteiger partial charge in [0.15, 0.2) is 5.78 Å². The van der Waals surface area contributed by atoms with Crippen LogP contribution in [0.4, 0.5) is 24.5 Å². The second-order valence-electron chi connectivity index (χ2n) is 12.4. The first-order valence-electron chi connectivity index (χ1n) is 16.3. The average molecular weight is 635 g/mol. The van der Waals surface area contributed by atoms with Crippen molar-refractivity contribution in [3.63, 3.8) is 0 Å². The molecule has 0 spiro atoms. The van der Waals surface area contributed by atoms with E-state index in [0.29, 0.717) is 80.1 Å². The van der Waals surface area contributed by atoms with Crippen molar-refractivity contribution >= 4 is 23.1 Å². The maximum Gasteiger partial charge on any atom is 0.406 e. The third-order valence-electron chi connectivity index (χ3n) is 9.36. The number of para-hydroxylation sites is 1. The van der Waals surface area contributed by atoms with Gasteiger partial charge >= 0.3 is 6.18 Å². The third kappa shape index (κ3) is 6.25. The minimum atomic E-state index is -4.55. The number of nitrogens with zero attached hydrogens (tertiary/aromatic N) is 3. The van der Waals surface area contributed by atoms with Gasteiger partial charge in [0.1, 0.15) is 6.54 Å². The minimum absolute atomic E-state index is 0.00699.